The van der Waals surface area contributed by atoms with Crippen LogP contribution in [-0.2, 0) is 4.79 Å². The van der Waals surface area contributed by atoms with E-state index < -0.39 is 0 Å². The molecule has 4 nitrogen and oxygen atoms in total. The van der Waals surface area contributed by atoms with Crippen LogP contribution in [0.3, 0.4) is 0 Å². The van der Waals surface area contributed by atoms with Gasteiger partial charge in [0, 0.05) is 13.0 Å². The maximum absolute atomic E-state index is 11.9. The molecular formula is C16H26N2O2. The monoisotopic (exact) mass is 278 g/mol. The predicted octanol–water partition coefficient (Wildman–Crippen LogP) is 3.32. The highest BCUT2D eigenvalue weighted by Gasteiger charge is 2.07. The molecule has 0 radical (unpaired) electrons. The van der Waals surface area contributed by atoms with Crippen LogP contribution in [0, 0.1) is 0 Å². The molecule has 112 valence electrons. The summed E-state index contributed by atoms with van der Waals surface area (Å²) in [4.78, 5) is 11.9. The molecule has 20 heavy (non-hydrogen) atoms. The molecule has 4 heteroatoms. The Hall–Kier alpha value is -1.55. The second-order valence-electron chi connectivity index (χ2n) is 4.85. The summed E-state index contributed by atoms with van der Waals surface area (Å²) in [6, 6.07) is 7.45. The molecule has 1 aromatic rings. The molecule has 0 fully saturated rings. The summed E-state index contributed by atoms with van der Waals surface area (Å²) in [7, 11) is 0. The van der Waals surface area contributed by atoms with Crippen molar-refractivity contribution < 1.29 is 9.53 Å². The number of hydrogen-bond acceptors (Lipinski definition) is 3. The van der Waals surface area contributed by atoms with Gasteiger partial charge in [0.1, 0.15) is 12.4 Å². The molecule has 0 heterocycles. The smallest absolute Gasteiger partial charge is 0.224 e. The van der Waals surface area contributed by atoms with Crippen molar-refractivity contribution in [1.82, 2.24) is 0 Å². The normalized spacial score (nSPS) is 10.3. The number of nitrogens with two attached hydrogens (primary N) is 1. The number of para-hydroxylation sites is 2. The number of carbonyl (C=O) groups excluding carboxylic acids is 1. The van der Waals surface area contributed by atoms with Gasteiger partial charge in [-0.15, -0.1) is 0 Å². The van der Waals surface area contributed by atoms with Gasteiger partial charge in [0.2, 0.25) is 5.91 Å². The minimum Gasteiger partial charge on any atom is -0.490 e. The number of anilines is 1. The van der Waals surface area contributed by atoms with Crippen molar-refractivity contribution in [2.75, 3.05) is 18.5 Å². The molecule has 1 amide bonds. The quantitative estimate of drug-likeness (QED) is 0.645. The molecule has 0 saturated carbocycles. The molecule has 0 spiro atoms. The number of rotatable bonds is 10. The van der Waals surface area contributed by atoms with Crippen LogP contribution in [0.5, 0.6) is 5.75 Å². The number of nitrogens with one attached hydrogen (secondary N) is 1. The van der Waals surface area contributed by atoms with E-state index in [1.54, 1.807) is 0 Å². The second-order valence-corrected chi connectivity index (χ2v) is 4.85. The first-order valence-corrected chi connectivity index (χ1v) is 7.49. The van der Waals surface area contributed by atoms with Gasteiger partial charge in [0.15, 0.2) is 0 Å². The van der Waals surface area contributed by atoms with E-state index in [4.69, 9.17) is 10.5 Å². The van der Waals surface area contributed by atoms with Crippen molar-refractivity contribution in [3.63, 3.8) is 0 Å². The summed E-state index contributed by atoms with van der Waals surface area (Å²) in [5, 5.41) is 2.91. The Kier molecular flexibility index (Phi) is 8.47. The SMILES string of the molecule is CCCCCCCC(=O)Nc1ccccc1OCCN. The highest BCUT2D eigenvalue weighted by atomic mass is 16.5. The molecule has 0 atom stereocenters. The topological polar surface area (TPSA) is 64.3 Å². The van der Waals surface area contributed by atoms with E-state index in [0.29, 0.717) is 25.3 Å². The Bertz CT molecular complexity index is 394. The van der Waals surface area contributed by atoms with Crippen LogP contribution in [-0.4, -0.2) is 19.1 Å². The van der Waals surface area contributed by atoms with Gasteiger partial charge in [0.25, 0.3) is 0 Å². The van der Waals surface area contributed by atoms with Crippen molar-refractivity contribution in [3.05, 3.63) is 24.3 Å². The third-order valence-electron chi connectivity index (χ3n) is 3.04. The lowest BCUT2D eigenvalue weighted by molar-refractivity contribution is -0.116. The Morgan fingerprint density at radius 1 is 1.20 bits per heavy atom. The van der Waals surface area contributed by atoms with Gasteiger partial charge in [-0.3, -0.25) is 4.79 Å². The number of carbonyl (C=O) groups is 1. The number of unbranched alkanes of at least 4 members (excludes halogenated alkanes) is 4. The summed E-state index contributed by atoms with van der Waals surface area (Å²) in [6.45, 7) is 3.09. The molecule has 0 aliphatic carbocycles. The average molecular weight is 278 g/mol. The first kappa shape index (κ1) is 16.5. The van der Waals surface area contributed by atoms with Crippen molar-refractivity contribution in [3.8, 4) is 5.75 Å². The lowest BCUT2D eigenvalue weighted by Crippen LogP contribution is -2.14. The maximum atomic E-state index is 11.9. The highest BCUT2D eigenvalue weighted by Crippen LogP contribution is 2.23. The number of hydrogen-bond donors (Lipinski definition) is 2. The molecule has 0 aliphatic heterocycles. The van der Waals surface area contributed by atoms with Gasteiger partial charge in [0.05, 0.1) is 5.69 Å². The third-order valence-corrected chi connectivity index (χ3v) is 3.04. The van der Waals surface area contributed by atoms with Crippen LogP contribution < -0.4 is 15.8 Å². The number of ether oxygens (including phenoxy) is 1. The van der Waals surface area contributed by atoms with E-state index in [-0.39, 0.29) is 5.91 Å². The van der Waals surface area contributed by atoms with Crippen LogP contribution in [0.2, 0.25) is 0 Å². The molecule has 3 N–H and O–H groups in total. The lowest BCUT2D eigenvalue weighted by Gasteiger charge is -2.11. The van der Waals surface area contributed by atoms with Crippen LogP contribution in [0.25, 0.3) is 0 Å². The van der Waals surface area contributed by atoms with Crippen molar-refractivity contribution in [2.45, 2.75) is 45.4 Å². The Labute approximate surface area is 121 Å². The standard InChI is InChI=1S/C16H26N2O2/c1-2-3-4-5-6-11-16(19)18-14-9-7-8-10-15(14)20-13-12-17/h7-10H,2-6,11-13,17H2,1H3,(H,18,19). The van der Waals surface area contributed by atoms with Gasteiger partial charge < -0.3 is 15.8 Å². The van der Waals surface area contributed by atoms with Crippen molar-refractivity contribution in [1.29, 1.82) is 0 Å². The molecule has 0 aliphatic rings. The van der Waals surface area contributed by atoms with Gasteiger partial charge in [-0.1, -0.05) is 44.7 Å². The third kappa shape index (κ3) is 6.57. The minimum absolute atomic E-state index is 0.0466. The first-order valence-electron chi connectivity index (χ1n) is 7.49. The fraction of sp³-hybridized carbons (Fsp3) is 0.562. The van der Waals surface area contributed by atoms with Gasteiger partial charge in [-0.2, -0.15) is 0 Å². The fourth-order valence-electron chi connectivity index (χ4n) is 1.97. The van der Waals surface area contributed by atoms with Crippen molar-refractivity contribution in [2.24, 2.45) is 5.73 Å². The predicted molar refractivity (Wildman–Crippen MR) is 83.0 cm³/mol. The van der Waals surface area contributed by atoms with Crippen LogP contribution in [0.1, 0.15) is 45.4 Å². The Morgan fingerprint density at radius 3 is 2.70 bits per heavy atom. The van der Waals surface area contributed by atoms with E-state index in [1.807, 2.05) is 24.3 Å². The van der Waals surface area contributed by atoms with Gasteiger partial charge in [-0.05, 0) is 18.6 Å². The second kappa shape index (κ2) is 10.3. The summed E-state index contributed by atoms with van der Waals surface area (Å²) in [5.41, 5.74) is 6.14. The summed E-state index contributed by atoms with van der Waals surface area (Å²) >= 11 is 0. The van der Waals surface area contributed by atoms with E-state index in [9.17, 15) is 4.79 Å². The van der Waals surface area contributed by atoms with E-state index in [1.165, 1.54) is 19.3 Å². The molecule has 1 rings (SSSR count). The molecule has 1 aromatic carbocycles. The Balaban J connectivity index is 2.37. The largest absolute Gasteiger partial charge is 0.490 e. The fourth-order valence-corrected chi connectivity index (χ4v) is 1.97. The molecular weight excluding hydrogens is 252 g/mol. The zero-order valence-electron chi connectivity index (χ0n) is 12.4. The van der Waals surface area contributed by atoms with Crippen LogP contribution >= 0.6 is 0 Å². The minimum atomic E-state index is 0.0466. The van der Waals surface area contributed by atoms with Gasteiger partial charge in [-0.25, -0.2) is 0 Å². The molecule has 0 saturated heterocycles. The van der Waals surface area contributed by atoms with Crippen LogP contribution in [0.4, 0.5) is 5.69 Å². The summed E-state index contributed by atoms with van der Waals surface area (Å²) in [5.74, 6) is 0.725. The zero-order valence-corrected chi connectivity index (χ0v) is 12.4. The summed E-state index contributed by atoms with van der Waals surface area (Å²) in [6.07, 6.45) is 6.30. The molecule has 0 unspecified atom stereocenters. The molecule has 0 aromatic heterocycles. The molecule has 0 bridgehead atoms. The highest BCUT2D eigenvalue weighted by molar-refractivity contribution is 5.92. The van der Waals surface area contributed by atoms with E-state index in [0.717, 1.165) is 18.5 Å². The summed E-state index contributed by atoms with van der Waals surface area (Å²) < 4.78 is 5.51. The zero-order chi connectivity index (χ0) is 14.6. The first-order chi connectivity index (χ1) is 9.77. The number of benzene rings is 1. The van der Waals surface area contributed by atoms with E-state index >= 15 is 0 Å². The van der Waals surface area contributed by atoms with E-state index in [2.05, 4.69) is 12.2 Å². The Morgan fingerprint density at radius 2 is 1.95 bits per heavy atom. The average Bonchev–Trinajstić information content (AvgIpc) is 2.46. The van der Waals surface area contributed by atoms with Gasteiger partial charge >= 0.3 is 0 Å². The number of amides is 1. The maximum Gasteiger partial charge on any atom is 0.224 e. The van der Waals surface area contributed by atoms with Crippen molar-refractivity contribution >= 4 is 11.6 Å². The lowest BCUT2D eigenvalue weighted by atomic mass is 10.1. The van der Waals surface area contributed by atoms with Crippen LogP contribution in [0.15, 0.2) is 24.3 Å².